The van der Waals surface area contributed by atoms with Crippen molar-refractivity contribution in [1.82, 2.24) is 0 Å². The van der Waals surface area contributed by atoms with E-state index in [1.54, 1.807) is 18.2 Å². The van der Waals surface area contributed by atoms with E-state index in [9.17, 15) is 9.59 Å². The maximum Gasteiger partial charge on any atom is 0.382 e. The first kappa shape index (κ1) is 20.3. The van der Waals surface area contributed by atoms with Crippen LogP contribution in [-0.4, -0.2) is 26.8 Å². The maximum absolute atomic E-state index is 15.1. The smallest absolute Gasteiger partial charge is 0.382 e. The van der Waals surface area contributed by atoms with Crippen molar-refractivity contribution in [3.05, 3.63) is 58.3 Å². The van der Waals surface area contributed by atoms with Crippen LogP contribution >= 0.6 is 0 Å². The summed E-state index contributed by atoms with van der Waals surface area (Å²) in [6.07, 6.45) is 0. The van der Waals surface area contributed by atoms with E-state index in [0.29, 0.717) is 5.75 Å². The third-order valence-corrected chi connectivity index (χ3v) is 4.27. The van der Waals surface area contributed by atoms with E-state index in [-0.39, 0.29) is 28.9 Å². The van der Waals surface area contributed by atoms with Crippen LogP contribution in [0.25, 0.3) is 22.3 Å². The van der Waals surface area contributed by atoms with Crippen molar-refractivity contribution < 1.29 is 32.2 Å². The van der Waals surface area contributed by atoms with Crippen LogP contribution in [-0.2, 0) is 15.5 Å². The Kier molecular flexibility index (Phi) is 5.54. The fourth-order valence-electron chi connectivity index (χ4n) is 2.94. The summed E-state index contributed by atoms with van der Waals surface area (Å²) in [5.41, 5.74) is -2.03. The fraction of sp³-hybridized carbons (Fsp3) is 0.238. The van der Waals surface area contributed by atoms with E-state index >= 15 is 8.78 Å². The molecule has 0 amide bonds. The summed E-state index contributed by atoms with van der Waals surface area (Å²) in [6.45, 7) is 1.12. The van der Waals surface area contributed by atoms with E-state index in [1.165, 1.54) is 45.4 Å². The van der Waals surface area contributed by atoms with Gasteiger partial charge < -0.3 is 18.6 Å². The minimum absolute atomic E-state index is 0.0198. The molecule has 0 radical (unpaired) electrons. The van der Waals surface area contributed by atoms with Crippen LogP contribution < -0.4 is 14.9 Å². The minimum atomic E-state index is -4.24. The van der Waals surface area contributed by atoms with E-state index < -0.39 is 28.6 Å². The Hall–Kier alpha value is -3.42. The van der Waals surface area contributed by atoms with Gasteiger partial charge in [0.1, 0.15) is 33.8 Å². The number of esters is 1. The van der Waals surface area contributed by atoms with Gasteiger partial charge in [-0.25, -0.2) is 4.79 Å². The summed E-state index contributed by atoms with van der Waals surface area (Å²) in [7, 11) is 2.68. The zero-order chi connectivity index (χ0) is 21.2. The lowest BCUT2D eigenvalue weighted by Crippen LogP contribution is -2.34. The van der Waals surface area contributed by atoms with Gasteiger partial charge in [-0.05, 0) is 6.92 Å². The molecule has 0 saturated carbocycles. The Morgan fingerprint density at radius 1 is 1.10 bits per heavy atom. The number of hydrogen-bond acceptors (Lipinski definition) is 6. The van der Waals surface area contributed by atoms with Crippen molar-refractivity contribution in [2.75, 3.05) is 20.8 Å². The number of alkyl halides is 2. The molecule has 0 N–H and O–H groups in total. The largest absolute Gasteiger partial charge is 0.496 e. The third-order valence-electron chi connectivity index (χ3n) is 4.27. The van der Waals surface area contributed by atoms with Gasteiger partial charge in [0.2, 0.25) is 5.43 Å². The van der Waals surface area contributed by atoms with Crippen LogP contribution in [0.2, 0.25) is 0 Å². The van der Waals surface area contributed by atoms with Crippen molar-refractivity contribution in [3.8, 4) is 22.8 Å². The molecular formula is C21H18F2O6. The number of carbonyl (C=O) groups excluding carboxylic acids is 1. The predicted octanol–water partition coefficient (Wildman–Crippen LogP) is 4.13. The highest BCUT2D eigenvalue weighted by molar-refractivity contribution is 5.90. The van der Waals surface area contributed by atoms with Gasteiger partial charge in [-0.2, -0.15) is 8.78 Å². The summed E-state index contributed by atoms with van der Waals surface area (Å²) in [5, 5.41) is -0.230. The second-order valence-corrected chi connectivity index (χ2v) is 6.00. The van der Waals surface area contributed by atoms with E-state index in [0.717, 1.165) is 0 Å². The molecule has 0 saturated heterocycles. The van der Waals surface area contributed by atoms with Crippen LogP contribution in [0, 0.1) is 0 Å². The number of fused-ring (bicyclic) bond motifs is 1. The Labute approximate surface area is 164 Å². The second kappa shape index (κ2) is 7.90. The molecule has 8 heteroatoms. The van der Waals surface area contributed by atoms with E-state index in [1.807, 2.05) is 0 Å². The van der Waals surface area contributed by atoms with Crippen molar-refractivity contribution in [3.63, 3.8) is 0 Å². The first-order valence-corrected chi connectivity index (χ1v) is 8.68. The van der Waals surface area contributed by atoms with E-state index in [4.69, 9.17) is 13.9 Å². The highest BCUT2D eigenvalue weighted by Crippen LogP contribution is 2.39. The number of methoxy groups -OCH3 is 2. The molecule has 0 fully saturated rings. The SMILES string of the molecule is CCOC(=O)C(F)(F)c1c(-c2ccccc2)oc2cc(OC)cc(OC)c2c1=O. The number of benzene rings is 2. The van der Waals surface area contributed by atoms with Crippen molar-refractivity contribution in [2.24, 2.45) is 0 Å². The molecule has 0 aliphatic carbocycles. The Balaban J connectivity index is 2.46. The molecule has 3 aromatic rings. The molecular weight excluding hydrogens is 386 g/mol. The number of halogens is 2. The first-order valence-electron chi connectivity index (χ1n) is 8.68. The average Bonchev–Trinajstić information content (AvgIpc) is 2.73. The summed E-state index contributed by atoms with van der Waals surface area (Å²) < 4.78 is 50.6. The number of ether oxygens (including phenoxy) is 3. The predicted molar refractivity (Wildman–Crippen MR) is 102 cm³/mol. The summed E-state index contributed by atoms with van der Waals surface area (Å²) in [4.78, 5) is 25.2. The number of carbonyl (C=O) groups is 1. The fourth-order valence-corrected chi connectivity index (χ4v) is 2.94. The number of rotatable bonds is 6. The van der Waals surface area contributed by atoms with Gasteiger partial charge in [-0.15, -0.1) is 0 Å². The van der Waals surface area contributed by atoms with Gasteiger partial charge in [0.25, 0.3) is 0 Å². The summed E-state index contributed by atoms with van der Waals surface area (Å²) >= 11 is 0. The van der Waals surface area contributed by atoms with Gasteiger partial charge in [0.05, 0.1) is 20.8 Å². The molecule has 152 valence electrons. The topological polar surface area (TPSA) is 75.0 Å². The van der Waals surface area contributed by atoms with Crippen LogP contribution in [0.5, 0.6) is 11.5 Å². The average molecular weight is 404 g/mol. The first-order chi connectivity index (χ1) is 13.8. The lowest BCUT2D eigenvalue weighted by molar-refractivity contribution is -0.173. The zero-order valence-electron chi connectivity index (χ0n) is 16.0. The molecule has 0 spiro atoms. The van der Waals surface area contributed by atoms with Crippen molar-refractivity contribution >= 4 is 16.9 Å². The van der Waals surface area contributed by atoms with Crippen LogP contribution in [0.4, 0.5) is 8.78 Å². The van der Waals surface area contributed by atoms with Crippen LogP contribution in [0.3, 0.4) is 0 Å². The monoisotopic (exact) mass is 404 g/mol. The van der Waals surface area contributed by atoms with Gasteiger partial charge in [-0.3, -0.25) is 4.79 Å². The standard InChI is InChI=1S/C21H18F2O6/c1-4-28-20(25)21(22,23)17-18(24)16-14(27-3)10-13(26-2)11-15(16)29-19(17)12-8-6-5-7-9-12/h5-11H,4H2,1-3H3. The van der Waals surface area contributed by atoms with Crippen LogP contribution in [0.15, 0.2) is 51.7 Å². The molecule has 0 aliphatic heterocycles. The van der Waals surface area contributed by atoms with Gasteiger partial charge in [0, 0.05) is 17.7 Å². The molecule has 0 aliphatic rings. The van der Waals surface area contributed by atoms with Crippen molar-refractivity contribution in [2.45, 2.75) is 12.8 Å². The summed E-state index contributed by atoms with van der Waals surface area (Å²) in [5.74, 6) is -6.22. The van der Waals surface area contributed by atoms with E-state index in [2.05, 4.69) is 4.74 Å². The normalized spacial score (nSPS) is 11.3. The third kappa shape index (κ3) is 3.53. The second-order valence-electron chi connectivity index (χ2n) is 6.00. The lowest BCUT2D eigenvalue weighted by atomic mass is 9.99. The Morgan fingerprint density at radius 2 is 1.79 bits per heavy atom. The number of hydrogen-bond donors (Lipinski definition) is 0. The molecule has 29 heavy (non-hydrogen) atoms. The molecule has 0 atom stereocenters. The highest BCUT2D eigenvalue weighted by atomic mass is 19.3. The Morgan fingerprint density at radius 3 is 2.38 bits per heavy atom. The highest BCUT2D eigenvalue weighted by Gasteiger charge is 2.48. The quantitative estimate of drug-likeness (QED) is 0.575. The lowest BCUT2D eigenvalue weighted by Gasteiger charge is -2.18. The molecule has 2 aromatic carbocycles. The van der Waals surface area contributed by atoms with Crippen molar-refractivity contribution in [1.29, 1.82) is 0 Å². The van der Waals surface area contributed by atoms with Gasteiger partial charge >= 0.3 is 11.9 Å². The maximum atomic E-state index is 15.1. The minimum Gasteiger partial charge on any atom is -0.496 e. The molecule has 0 bridgehead atoms. The zero-order valence-corrected chi connectivity index (χ0v) is 16.0. The van der Waals surface area contributed by atoms with Gasteiger partial charge in [0.15, 0.2) is 0 Å². The van der Waals surface area contributed by atoms with Gasteiger partial charge in [-0.1, -0.05) is 30.3 Å². The molecule has 6 nitrogen and oxygen atoms in total. The molecule has 1 aromatic heterocycles. The Bertz CT molecular complexity index is 1110. The van der Waals surface area contributed by atoms with Crippen LogP contribution in [0.1, 0.15) is 12.5 Å². The molecule has 3 rings (SSSR count). The summed E-state index contributed by atoms with van der Waals surface area (Å²) in [6, 6.07) is 10.6. The molecule has 1 heterocycles. The molecule has 0 unspecified atom stereocenters.